The maximum atomic E-state index is 13.6. The number of nitrogens with zero attached hydrogens (tertiary/aromatic N) is 1. The average Bonchev–Trinajstić information content (AvgIpc) is 2.46. The predicted octanol–water partition coefficient (Wildman–Crippen LogP) is 1.82. The first-order chi connectivity index (χ1) is 9.57. The van der Waals surface area contributed by atoms with E-state index >= 15 is 0 Å². The van der Waals surface area contributed by atoms with Crippen molar-refractivity contribution >= 4 is 5.91 Å². The molecule has 1 rings (SSSR count). The Morgan fingerprint density at radius 1 is 1.40 bits per heavy atom. The standard InChI is InChI=1S/C15H23FN2O2/c1-4-18(5-2)15(19)12(10-17)8-11-6-7-14(20-3)13(16)9-11/h6-7,9,12H,4-5,8,10,17H2,1-3H3. The molecule has 1 unspecified atom stereocenters. The predicted molar refractivity (Wildman–Crippen MR) is 77.1 cm³/mol. The monoisotopic (exact) mass is 282 g/mol. The molecule has 0 saturated heterocycles. The summed E-state index contributed by atoms with van der Waals surface area (Å²) in [7, 11) is 1.42. The van der Waals surface area contributed by atoms with Crippen LogP contribution in [0.1, 0.15) is 19.4 Å². The van der Waals surface area contributed by atoms with Crippen LogP contribution in [-0.2, 0) is 11.2 Å². The minimum Gasteiger partial charge on any atom is -0.494 e. The van der Waals surface area contributed by atoms with E-state index in [2.05, 4.69) is 0 Å². The average molecular weight is 282 g/mol. The molecule has 0 saturated carbocycles. The Bertz CT molecular complexity index is 447. The highest BCUT2D eigenvalue weighted by Gasteiger charge is 2.22. The number of hydrogen-bond acceptors (Lipinski definition) is 3. The highest BCUT2D eigenvalue weighted by molar-refractivity contribution is 5.79. The first kappa shape index (κ1) is 16.4. The van der Waals surface area contributed by atoms with Crippen molar-refractivity contribution < 1.29 is 13.9 Å². The van der Waals surface area contributed by atoms with Gasteiger partial charge in [0.1, 0.15) is 0 Å². The molecule has 1 atom stereocenters. The molecule has 0 aliphatic heterocycles. The second kappa shape index (κ2) is 7.85. The Balaban J connectivity index is 2.83. The van der Waals surface area contributed by atoms with Gasteiger partial charge in [-0.3, -0.25) is 4.79 Å². The van der Waals surface area contributed by atoms with Crippen LogP contribution in [0.2, 0.25) is 0 Å². The van der Waals surface area contributed by atoms with E-state index in [9.17, 15) is 9.18 Å². The normalized spacial score (nSPS) is 12.1. The fourth-order valence-corrected chi connectivity index (χ4v) is 2.19. The molecule has 0 aliphatic rings. The van der Waals surface area contributed by atoms with Gasteiger partial charge in [0.2, 0.25) is 5.91 Å². The van der Waals surface area contributed by atoms with Crippen LogP contribution in [0, 0.1) is 11.7 Å². The molecule has 0 aromatic heterocycles. The van der Waals surface area contributed by atoms with Crippen molar-refractivity contribution in [2.75, 3.05) is 26.7 Å². The van der Waals surface area contributed by atoms with Crippen molar-refractivity contribution in [3.8, 4) is 5.75 Å². The molecule has 1 aromatic rings. The zero-order valence-electron chi connectivity index (χ0n) is 12.4. The third-order valence-corrected chi connectivity index (χ3v) is 3.41. The van der Waals surface area contributed by atoms with Crippen molar-refractivity contribution in [1.82, 2.24) is 4.90 Å². The van der Waals surface area contributed by atoms with Crippen LogP contribution < -0.4 is 10.5 Å². The summed E-state index contributed by atoms with van der Waals surface area (Å²) in [6.07, 6.45) is 0.437. The highest BCUT2D eigenvalue weighted by atomic mass is 19.1. The molecule has 0 bridgehead atoms. The van der Waals surface area contributed by atoms with Crippen LogP contribution in [0.25, 0.3) is 0 Å². The third kappa shape index (κ3) is 3.93. The van der Waals surface area contributed by atoms with Gasteiger partial charge in [-0.15, -0.1) is 0 Å². The number of benzene rings is 1. The number of nitrogens with two attached hydrogens (primary N) is 1. The Morgan fingerprint density at radius 3 is 2.50 bits per heavy atom. The fourth-order valence-electron chi connectivity index (χ4n) is 2.19. The SMILES string of the molecule is CCN(CC)C(=O)C(CN)Cc1ccc(OC)c(F)c1. The minimum absolute atomic E-state index is 0.0220. The summed E-state index contributed by atoms with van der Waals surface area (Å²) in [6, 6.07) is 4.73. The van der Waals surface area contributed by atoms with Gasteiger partial charge >= 0.3 is 0 Å². The van der Waals surface area contributed by atoms with Gasteiger partial charge in [0.15, 0.2) is 11.6 Å². The maximum absolute atomic E-state index is 13.6. The molecule has 112 valence electrons. The topological polar surface area (TPSA) is 55.6 Å². The lowest BCUT2D eigenvalue weighted by Crippen LogP contribution is -2.39. The van der Waals surface area contributed by atoms with Gasteiger partial charge in [-0.1, -0.05) is 6.07 Å². The second-order valence-corrected chi connectivity index (χ2v) is 4.62. The van der Waals surface area contributed by atoms with Crippen molar-refractivity contribution in [3.05, 3.63) is 29.6 Å². The summed E-state index contributed by atoms with van der Waals surface area (Å²) in [5.41, 5.74) is 6.45. The number of halogens is 1. The molecule has 20 heavy (non-hydrogen) atoms. The van der Waals surface area contributed by atoms with Gasteiger partial charge in [0, 0.05) is 19.6 Å². The maximum Gasteiger partial charge on any atom is 0.227 e. The second-order valence-electron chi connectivity index (χ2n) is 4.62. The Hall–Kier alpha value is -1.62. The van der Waals surface area contributed by atoms with E-state index in [0.717, 1.165) is 5.56 Å². The van der Waals surface area contributed by atoms with E-state index in [4.69, 9.17) is 10.5 Å². The number of amides is 1. The van der Waals surface area contributed by atoms with E-state index in [1.54, 1.807) is 17.0 Å². The lowest BCUT2D eigenvalue weighted by molar-refractivity contribution is -0.134. The Morgan fingerprint density at radius 2 is 2.05 bits per heavy atom. The number of methoxy groups -OCH3 is 1. The van der Waals surface area contributed by atoms with Crippen LogP contribution in [0.4, 0.5) is 4.39 Å². The van der Waals surface area contributed by atoms with Crippen molar-refractivity contribution in [1.29, 1.82) is 0 Å². The molecule has 0 radical (unpaired) electrons. The molecule has 4 nitrogen and oxygen atoms in total. The van der Waals surface area contributed by atoms with Crippen LogP contribution in [0.5, 0.6) is 5.75 Å². The number of rotatable bonds is 7. The van der Waals surface area contributed by atoms with Gasteiger partial charge < -0.3 is 15.4 Å². The van der Waals surface area contributed by atoms with E-state index in [-0.39, 0.29) is 24.1 Å². The van der Waals surface area contributed by atoms with E-state index < -0.39 is 5.82 Å². The molecule has 2 N–H and O–H groups in total. The molecular formula is C15H23FN2O2. The summed E-state index contributed by atoms with van der Waals surface area (Å²) in [4.78, 5) is 14.0. The van der Waals surface area contributed by atoms with Crippen molar-refractivity contribution in [2.24, 2.45) is 11.7 Å². The van der Waals surface area contributed by atoms with Crippen molar-refractivity contribution in [2.45, 2.75) is 20.3 Å². The number of carbonyl (C=O) groups excluding carboxylic acids is 1. The van der Waals surface area contributed by atoms with Gasteiger partial charge in [-0.2, -0.15) is 0 Å². The summed E-state index contributed by atoms with van der Waals surface area (Å²) in [6.45, 7) is 5.43. The van der Waals surface area contributed by atoms with E-state index in [1.807, 2.05) is 13.8 Å². The smallest absolute Gasteiger partial charge is 0.227 e. The summed E-state index contributed by atoms with van der Waals surface area (Å²) < 4.78 is 18.5. The van der Waals surface area contributed by atoms with Crippen LogP contribution in [0.3, 0.4) is 0 Å². The molecule has 0 fully saturated rings. The lowest BCUT2D eigenvalue weighted by atomic mass is 9.97. The van der Waals surface area contributed by atoms with Gasteiger partial charge in [0.25, 0.3) is 0 Å². The first-order valence-electron chi connectivity index (χ1n) is 6.88. The van der Waals surface area contributed by atoms with Gasteiger partial charge in [0.05, 0.1) is 13.0 Å². The largest absolute Gasteiger partial charge is 0.494 e. The van der Waals surface area contributed by atoms with Gasteiger partial charge in [-0.25, -0.2) is 4.39 Å². The molecule has 1 amide bonds. The molecule has 0 spiro atoms. The minimum atomic E-state index is -0.420. The molecule has 0 aliphatic carbocycles. The van der Waals surface area contributed by atoms with Crippen LogP contribution in [-0.4, -0.2) is 37.6 Å². The fraction of sp³-hybridized carbons (Fsp3) is 0.533. The molecule has 5 heteroatoms. The number of hydrogen-bond donors (Lipinski definition) is 1. The summed E-state index contributed by atoms with van der Waals surface area (Å²) in [5, 5.41) is 0. The van der Waals surface area contributed by atoms with Crippen LogP contribution in [0.15, 0.2) is 18.2 Å². The third-order valence-electron chi connectivity index (χ3n) is 3.41. The lowest BCUT2D eigenvalue weighted by Gasteiger charge is -2.24. The number of carbonyl (C=O) groups is 1. The Kier molecular flexibility index (Phi) is 6.45. The van der Waals surface area contributed by atoms with Crippen molar-refractivity contribution in [3.63, 3.8) is 0 Å². The summed E-state index contributed by atoms with van der Waals surface area (Å²) >= 11 is 0. The van der Waals surface area contributed by atoms with Gasteiger partial charge in [-0.05, 0) is 38.0 Å². The quantitative estimate of drug-likeness (QED) is 0.830. The molecular weight excluding hydrogens is 259 g/mol. The highest BCUT2D eigenvalue weighted by Crippen LogP contribution is 2.20. The zero-order valence-corrected chi connectivity index (χ0v) is 12.4. The zero-order chi connectivity index (χ0) is 15.1. The van der Waals surface area contributed by atoms with E-state index in [0.29, 0.717) is 19.5 Å². The molecule has 0 heterocycles. The first-order valence-corrected chi connectivity index (χ1v) is 6.88. The Labute approximate surface area is 119 Å². The molecule has 1 aromatic carbocycles. The summed E-state index contributed by atoms with van der Waals surface area (Å²) in [5.74, 6) is -0.513. The number of ether oxygens (including phenoxy) is 1. The van der Waals surface area contributed by atoms with E-state index in [1.165, 1.54) is 13.2 Å². The van der Waals surface area contributed by atoms with Crippen LogP contribution >= 0.6 is 0 Å².